The van der Waals surface area contributed by atoms with Crippen LogP contribution in [-0.2, 0) is 4.74 Å². The van der Waals surface area contributed by atoms with E-state index >= 15 is 0 Å². The maximum Gasteiger partial charge on any atom is 0.251 e. The molecule has 0 spiro atoms. The summed E-state index contributed by atoms with van der Waals surface area (Å²) in [5.74, 6) is 0.867. The van der Waals surface area contributed by atoms with E-state index in [-0.39, 0.29) is 12.0 Å². The van der Waals surface area contributed by atoms with Gasteiger partial charge in [0.1, 0.15) is 12.4 Å². The zero-order valence-electron chi connectivity index (χ0n) is 16.1. The summed E-state index contributed by atoms with van der Waals surface area (Å²) >= 11 is 0. The maximum absolute atomic E-state index is 11.8. The first-order valence-corrected chi connectivity index (χ1v) is 9.42. The van der Waals surface area contributed by atoms with E-state index in [0.29, 0.717) is 37.2 Å². The molecule has 0 unspecified atom stereocenters. The molecule has 0 saturated carbocycles. The second-order valence-electron chi connectivity index (χ2n) is 6.61. The summed E-state index contributed by atoms with van der Waals surface area (Å²) < 4.78 is 5.92. The van der Waals surface area contributed by atoms with Gasteiger partial charge < -0.3 is 20.3 Å². The Bertz CT molecular complexity index is 982. The molecular weight excluding hydrogens is 368 g/mol. The van der Waals surface area contributed by atoms with Gasteiger partial charge in [-0.15, -0.1) is 0 Å². The molecule has 0 radical (unpaired) electrons. The van der Waals surface area contributed by atoms with Crippen LogP contribution < -0.4 is 15.5 Å². The van der Waals surface area contributed by atoms with E-state index < -0.39 is 0 Å². The van der Waals surface area contributed by atoms with Gasteiger partial charge in [0.2, 0.25) is 11.9 Å². The molecule has 8 nitrogen and oxygen atoms in total. The highest BCUT2D eigenvalue weighted by molar-refractivity contribution is 5.95. The first-order chi connectivity index (χ1) is 14.2. The van der Waals surface area contributed by atoms with Gasteiger partial charge in [-0.2, -0.15) is 4.98 Å². The number of nitrogens with zero attached hydrogens (tertiary/aromatic N) is 4. The average Bonchev–Trinajstić information content (AvgIpc) is 2.79. The molecular formula is C21H22N6O2. The molecule has 1 aromatic heterocycles. The van der Waals surface area contributed by atoms with E-state index in [1.165, 1.54) is 6.33 Å². The molecule has 148 valence electrons. The van der Waals surface area contributed by atoms with Gasteiger partial charge in [0.05, 0.1) is 13.2 Å². The number of rotatable bonds is 5. The highest BCUT2D eigenvalue weighted by Crippen LogP contribution is 2.24. The number of hydrogen-bond donors (Lipinski definition) is 2. The highest BCUT2D eigenvalue weighted by Gasteiger charge is 2.24. The van der Waals surface area contributed by atoms with Gasteiger partial charge in [0, 0.05) is 24.8 Å². The number of nitrogens with one attached hydrogen (secondary N) is 2. The van der Waals surface area contributed by atoms with Gasteiger partial charge in [-0.25, -0.2) is 9.97 Å². The summed E-state index contributed by atoms with van der Waals surface area (Å²) in [5.41, 5.74) is 2.42. The van der Waals surface area contributed by atoms with Crippen LogP contribution in [0, 0.1) is 0 Å². The summed E-state index contributed by atoms with van der Waals surface area (Å²) in [5, 5.41) is 5.76. The van der Waals surface area contributed by atoms with Gasteiger partial charge in [0.25, 0.3) is 5.91 Å². The van der Waals surface area contributed by atoms with E-state index in [0.717, 1.165) is 11.3 Å². The van der Waals surface area contributed by atoms with Crippen LogP contribution in [0.3, 0.4) is 0 Å². The number of morpholine rings is 1. The van der Waals surface area contributed by atoms with Gasteiger partial charge in [0.15, 0.2) is 0 Å². The first kappa shape index (κ1) is 18.8. The minimum atomic E-state index is -0.148. The molecule has 0 aliphatic carbocycles. The van der Waals surface area contributed by atoms with Gasteiger partial charge in [-0.05, 0) is 23.8 Å². The summed E-state index contributed by atoms with van der Waals surface area (Å²) in [6.07, 6.45) is 1.46. The second-order valence-corrected chi connectivity index (χ2v) is 6.61. The smallest absolute Gasteiger partial charge is 0.251 e. The third-order valence-corrected chi connectivity index (χ3v) is 4.69. The quantitative estimate of drug-likeness (QED) is 0.692. The number of aromatic nitrogens is 3. The fraction of sp³-hybridized carbons (Fsp3) is 0.238. The van der Waals surface area contributed by atoms with E-state index in [1.807, 2.05) is 24.3 Å². The minimum Gasteiger partial charge on any atom is -0.370 e. The van der Waals surface area contributed by atoms with Gasteiger partial charge in [-0.3, -0.25) is 4.79 Å². The van der Waals surface area contributed by atoms with Crippen molar-refractivity contribution in [2.24, 2.45) is 0 Å². The molecule has 1 saturated heterocycles. The van der Waals surface area contributed by atoms with Crippen molar-refractivity contribution in [2.75, 3.05) is 37.0 Å². The highest BCUT2D eigenvalue weighted by atomic mass is 16.5. The Balaban J connectivity index is 1.49. The van der Waals surface area contributed by atoms with E-state index in [9.17, 15) is 4.79 Å². The predicted octanol–water partition coefficient (Wildman–Crippen LogP) is 2.55. The minimum absolute atomic E-state index is 0.0256. The summed E-state index contributed by atoms with van der Waals surface area (Å²) in [6.45, 7) is 1.97. The number of carbonyl (C=O) groups excluding carboxylic acids is 1. The second kappa shape index (κ2) is 8.66. The fourth-order valence-electron chi connectivity index (χ4n) is 3.21. The molecule has 1 amide bonds. The number of hydrogen-bond acceptors (Lipinski definition) is 7. The SMILES string of the molecule is CNC(=O)c1cccc(Nc2ncnc(N3CCO[C@@H](c4ccccc4)C3)n2)c1. The number of benzene rings is 2. The zero-order valence-corrected chi connectivity index (χ0v) is 16.1. The lowest BCUT2D eigenvalue weighted by Gasteiger charge is -2.33. The van der Waals surface area contributed by atoms with Crippen LogP contribution in [0.5, 0.6) is 0 Å². The van der Waals surface area contributed by atoms with E-state index in [2.05, 4.69) is 42.6 Å². The van der Waals surface area contributed by atoms with E-state index in [1.54, 1.807) is 25.2 Å². The Hall–Kier alpha value is -3.52. The van der Waals surface area contributed by atoms with Crippen molar-refractivity contribution in [1.82, 2.24) is 20.3 Å². The fourth-order valence-corrected chi connectivity index (χ4v) is 3.21. The molecule has 0 bridgehead atoms. The molecule has 2 aromatic carbocycles. The van der Waals surface area contributed by atoms with Crippen molar-refractivity contribution in [3.05, 3.63) is 72.1 Å². The van der Waals surface area contributed by atoms with Gasteiger partial charge in [-0.1, -0.05) is 36.4 Å². The number of anilines is 3. The molecule has 1 fully saturated rings. The molecule has 8 heteroatoms. The maximum atomic E-state index is 11.8. The normalized spacial score (nSPS) is 16.3. The summed E-state index contributed by atoms with van der Waals surface area (Å²) in [4.78, 5) is 27.0. The summed E-state index contributed by atoms with van der Waals surface area (Å²) in [7, 11) is 1.60. The van der Waals surface area contributed by atoms with Crippen LogP contribution in [0.1, 0.15) is 22.0 Å². The lowest BCUT2D eigenvalue weighted by atomic mass is 10.1. The average molecular weight is 390 g/mol. The number of amides is 1. The lowest BCUT2D eigenvalue weighted by Crippen LogP contribution is -2.39. The molecule has 1 aliphatic rings. The Morgan fingerprint density at radius 3 is 2.83 bits per heavy atom. The molecule has 2 heterocycles. The molecule has 1 atom stereocenters. The largest absolute Gasteiger partial charge is 0.370 e. The topological polar surface area (TPSA) is 92.3 Å². The Morgan fingerprint density at radius 2 is 2.00 bits per heavy atom. The van der Waals surface area contributed by atoms with Crippen LogP contribution >= 0.6 is 0 Å². The molecule has 3 aromatic rings. The van der Waals surface area contributed by atoms with Crippen molar-refractivity contribution < 1.29 is 9.53 Å². The first-order valence-electron chi connectivity index (χ1n) is 9.42. The van der Waals surface area contributed by atoms with Crippen molar-refractivity contribution in [3.8, 4) is 0 Å². The van der Waals surface area contributed by atoms with Crippen molar-refractivity contribution in [2.45, 2.75) is 6.10 Å². The van der Waals surface area contributed by atoms with Crippen LogP contribution in [0.4, 0.5) is 17.6 Å². The third-order valence-electron chi connectivity index (χ3n) is 4.69. The van der Waals surface area contributed by atoms with Crippen molar-refractivity contribution in [3.63, 3.8) is 0 Å². The Labute approximate surface area is 169 Å². The molecule has 29 heavy (non-hydrogen) atoms. The number of ether oxygens (including phenoxy) is 1. The predicted molar refractivity (Wildman–Crippen MR) is 110 cm³/mol. The number of carbonyl (C=O) groups is 1. The molecule has 1 aliphatic heterocycles. The van der Waals surface area contributed by atoms with Crippen molar-refractivity contribution in [1.29, 1.82) is 0 Å². The van der Waals surface area contributed by atoms with Crippen molar-refractivity contribution >= 4 is 23.5 Å². The van der Waals surface area contributed by atoms with Gasteiger partial charge >= 0.3 is 0 Å². The molecule has 4 rings (SSSR count). The Kier molecular flexibility index (Phi) is 5.62. The van der Waals surface area contributed by atoms with Crippen LogP contribution in [0.25, 0.3) is 0 Å². The van der Waals surface area contributed by atoms with E-state index in [4.69, 9.17) is 4.74 Å². The standard InChI is InChI=1S/C21H22N6O2/c1-22-19(28)16-8-5-9-17(12-16)25-20-23-14-24-21(26-20)27-10-11-29-18(13-27)15-6-3-2-4-7-15/h2-9,12,14,18H,10-11,13H2,1H3,(H,22,28)(H,23,24,25,26)/t18-/m1/s1. The third kappa shape index (κ3) is 4.49. The lowest BCUT2D eigenvalue weighted by molar-refractivity contribution is 0.0392. The zero-order chi connectivity index (χ0) is 20.1. The van der Waals surface area contributed by atoms with Crippen LogP contribution in [0.2, 0.25) is 0 Å². The van der Waals surface area contributed by atoms with Crippen LogP contribution in [0.15, 0.2) is 60.9 Å². The Morgan fingerprint density at radius 1 is 1.14 bits per heavy atom. The monoisotopic (exact) mass is 390 g/mol. The summed E-state index contributed by atoms with van der Waals surface area (Å²) in [6, 6.07) is 17.3. The molecule has 2 N–H and O–H groups in total. The van der Waals surface area contributed by atoms with Crippen LogP contribution in [-0.4, -0.2) is 47.6 Å².